The van der Waals surface area contributed by atoms with Gasteiger partial charge in [0.05, 0.1) is 5.39 Å². The lowest BCUT2D eigenvalue weighted by Gasteiger charge is -2.43. The fourth-order valence-corrected chi connectivity index (χ4v) is 3.66. The van der Waals surface area contributed by atoms with Gasteiger partial charge in [-0.25, -0.2) is 14.8 Å². The average Bonchev–Trinajstić information content (AvgIpc) is 2.88. The van der Waals surface area contributed by atoms with Crippen molar-refractivity contribution in [2.75, 3.05) is 18.0 Å². The fourth-order valence-electron chi connectivity index (χ4n) is 3.66. The van der Waals surface area contributed by atoms with Gasteiger partial charge in [-0.2, -0.15) is 0 Å². The summed E-state index contributed by atoms with van der Waals surface area (Å²) in [5, 5.41) is 10.6. The van der Waals surface area contributed by atoms with E-state index in [4.69, 9.17) is 0 Å². The molecule has 130 valence electrons. The first-order valence-corrected chi connectivity index (χ1v) is 8.35. The van der Waals surface area contributed by atoms with E-state index in [1.807, 2.05) is 33.9 Å². The van der Waals surface area contributed by atoms with E-state index in [2.05, 4.69) is 19.9 Å². The first-order chi connectivity index (χ1) is 11.3. The van der Waals surface area contributed by atoms with Crippen LogP contribution in [-0.2, 0) is 0 Å². The molecule has 0 atom stereocenters. The Hall–Kier alpha value is -2.31. The quantitative estimate of drug-likeness (QED) is 0.883. The third-order valence-electron chi connectivity index (χ3n) is 4.70. The molecule has 0 aliphatic carbocycles. The lowest BCUT2D eigenvalue weighted by atomic mass is 9.97. The topological polar surface area (TPSA) is 85.4 Å². The third kappa shape index (κ3) is 2.90. The van der Waals surface area contributed by atoms with E-state index in [0.717, 1.165) is 48.3 Å². The predicted molar refractivity (Wildman–Crippen MR) is 93.5 cm³/mol. The highest BCUT2D eigenvalue weighted by atomic mass is 16.4. The van der Waals surface area contributed by atoms with E-state index in [1.54, 1.807) is 11.2 Å². The van der Waals surface area contributed by atoms with Crippen molar-refractivity contribution in [1.29, 1.82) is 0 Å². The molecule has 0 aromatic carbocycles. The summed E-state index contributed by atoms with van der Waals surface area (Å²) < 4.78 is 0. The highest BCUT2D eigenvalue weighted by Gasteiger charge is 2.35. The van der Waals surface area contributed by atoms with E-state index in [9.17, 15) is 9.90 Å². The molecule has 3 heterocycles. The normalized spacial score (nSPS) is 16.6. The third-order valence-corrected chi connectivity index (χ3v) is 4.70. The van der Waals surface area contributed by atoms with Crippen molar-refractivity contribution < 1.29 is 9.90 Å². The molecule has 0 bridgehead atoms. The average molecular weight is 331 g/mol. The maximum absolute atomic E-state index is 11.7. The molecule has 2 N–H and O–H groups in total. The van der Waals surface area contributed by atoms with Crippen molar-refractivity contribution in [3.8, 4) is 0 Å². The molecule has 1 amide bonds. The first kappa shape index (κ1) is 16.5. The molecule has 3 rings (SSSR count). The highest BCUT2D eigenvalue weighted by molar-refractivity contribution is 5.90. The summed E-state index contributed by atoms with van der Waals surface area (Å²) in [6.07, 6.45) is 4.29. The second-order valence-corrected chi connectivity index (χ2v) is 7.43. The number of rotatable bonds is 2. The summed E-state index contributed by atoms with van der Waals surface area (Å²) in [5.41, 5.74) is 1.59. The van der Waals surface area contributed by atoms with E-state index in [0.29, 0.717) is 0 Å². The van der Waals surface area contributed by atoms with Crippen LogP contribution in [0.4, 0.5) is 10.6 Å². The van der Waals surface area contributed by atoms with Gasteiger partial charge in [-0.05, 0) is 46.1 Å². The minimum Gasteiger partial charge on any atom is -0.465 e. The van der Waals surface area contributed by atoms with Crippen LogP contribution in [0.1, 0.15) is 39.2 Å². The Morgan fingerprint density at radius 1 is 1.33 bits per heavy atom. The molecule has 0 radical (unpaired) electrons. The summed E-state index contributed by atoms with van der Waals surface area (Å²) in [6.45, 7) is 9.48. The molecular weight excluding hydrogens is 306 g/mol. The van der Waals surface area contributed by atoms with Crippen LogP contribution >= 0.6 is 0 Å². The van der Waals surface area contributed by atoms with Crippen molar-refractivity contribution in [1.82, 2.24) is 19.9 Å². The number of nitrogens with one attached hydrogen (secondary N) is 1. The molecule has 2 aromatic rings. The van der Waals surface area contributed by atoms with Crippen LogP contribution in [0, 0.1) is 6.92 Å². The number of amides is 1. The Labute approximate surface area is 141 Å². The van der Waals surface area contributed by atoms with Gasteiger partial charge in [0, 0.05) is 30.9 Å². The number of carboxylic acid groups (broad SMARTS) is 1. The van der Waals surface area contributed by atoms with Gasteiger partial charge in [-0.3, -0.25) is 0 Å². The van der Waals surface area contributed by atoms with Crippen molar-refractivity contribution in [2.24, 2.45) is 0 Å². The van der Waals surface area contributed by atoms with E-state index in [1.165, 1.54) is 0 Å². The van der Waals surface area contributed by atoms with Crippen LogP contribution in [0.2, 0.25) is 0 Å². The molecule has 7 nitrogen and oxygen atoms in total. The number of piperidine rings is 1. The summed E-state index contributed by atoms with van der Waals surface area (Å²) in [4.78, 5) is 27.4. The van der Waals surface area contributed by atoms with Crippen LogP contribution < -0.4 is 4.90 Å². The van der Waals surface area contributed by atoms with Gasteiger partial charge >= 0.3 is 6.09 Å². The molecule has 24 heavy (non-hydrogen) atoms. The number of hydrogen-bond acceptors (Lipinski definition) is 4. The Kier molecular flexibility index (Phi) is 4.11. The second-order valence-electron chi connectivity index (χ2n) is 7.43. The van der Waals surface area contributed by atoms with Crippen LogP contribution in [0.5, 0.6) is 0 Å². The molecule has 1 saturated heterocycles. The van der Waals surface area contributed by atoms with E-state index >= 15 is 0 Å². The summed E-state index contributed by atoms with van der Waals surface area (Å²) in [7, 11) is 0. The number of aromatic nitrogens is 3. The first-order valence-electron chi connectivity index (χ1n) is 8.35. The number of nitrogens with zero attached hydrogens (tertiary/aromatic N) is 4. The second kappa shape index (κ2) is 5.96. The minimum atomic E-state index is -0.841. The summed E-state index contributed by atoms with van der Waals surface area (Å²) >= 11 is 0. The molecular formula is C17H25N5O2. The van der Waals surface area contributed by atoms with Crippen molar-refractivity contribution >= 4 is 22.9 Å². The molecule has 0 unspecified atom stereocenters. The summed E-state index contributed by atoms with van der Waals surface area (Å²) in [5.74, 6) is 0.940. The maximum atomic E-state index is 11.7. The zero-order valence-corrected chi connectivity index (χ0v) is 14.7. The van der Waals surface area contributed by atoms with Gasteiger partial charge in [-0.1, -0.05) is 0 Å². The number of aryl methyl sites for hydroxylation is 1. The minimum absolute atomic E-state index is 0.0448. The lowest BCUT2D eigenvalue weighted by molar-refractivity contribution is 0.0616. The van der Waals surface area contributed by atoms with E-state index < -0.39 is 11.6 Å². The van der Waals surface area contributed by atoms with Crippen LogP contribution in [0.15, 0.2) is 12.5 Å². The Morgan fingerprint density at radius 2 is 2.00 bits per heavy atom. The summed E-state index contributed by atoms with van der Waals surface area (Å²) in [6, 6.07) is 0.0448. The Morgan fingerprint density at radius 3 is 2.58 bits per heavy atom. The molecule has 1 aliphatic rings. The number of H-pyrrole nitrogens is 1. The van der Waals surface area contributed by atoms with Crippen LogP contribution in [0.25, 0.3) is 11.0 Å². The Bertz CT molecular complexity index is 741. The number of aromatic amines is 1. The number of hydrogen-bond donors (Lipinski definition) is 2. The molecule has 1 fully saturated rings. The number of carbonyl (C=O) groups is 1. The number of fused-ring (bicyclic) bond motifs is 1. The van der Waals surface area contributed by atoms with Gasteiger partial charge in [0.1, 0.15) is 17.8 Å². The van der Waals surface area contributed by atoms with Crippen molar-refractivity contribution in [3.63, 3.8) is 0 Å². The zero-order chi connectivity index (χ0) is 17.5. The standard InChI is InChI=1S/C17H25N5O2/c1-11-9-18-14-13(11)15(20-10-19-14)21-7-5-12(6-8-21)22(16(23)24)17(2,3)4/h9-10,12H,5-8H2,1-4H3,(H,23,24)(H,18,19,20). The van der Waals surface area contributed by atoms with Crippen molar-refractivity contribution in [2.45, 2.75) is 52.1 Å². The molecule has 0 saturated carbocycles. The van der Waals surface area contributed by atoms with Crippen molar-refractivity contribution in [3.05, 3.63) is 18.1 Å². The van der Waals surface area contributed by atoms with Gasteiger partial charge in [-0.15, -0.1) is 0 Å². The van der Waals surface area contributed by atoms with Gasteiger partial charge in [0.25, 0.3) is 0 Å². The molecule has 2 aromatic heterocycles. The Balaban J connectivity index is 1.80. The lowest BCUT2D eigenvalue weighted by Crippen LogP contribution is -2.54. The van der Waals surface area contributed by atoms with E-state index in [-0.39, 0.29) is 6.04 Å². The molecule has 1 aliphatic heterocycles. The SMILES string of the molecule is Cc1c[nH]c2ncnc(N3CCC(N(C(=O)O)C(C)(C)C)CC3)c12. The largest absolute Gasteiger partial charge is 0.465 e. The fraction of sp³-hybridized carbons (Fsp3) is 0.588. The zero-order valence-electron chi connectivity index (χ0n) is 14.7. The molecule has 7 heteroatoms. The van der Waals surface area contributed by atoms with Gasteiger partial charge in [0.2, 0.25) is 0 Å². The molecule has 0 spiro atoms. The predicted octanol–water partition coefficient (Wildman–Crippen LogP) is 3.01. The van der Waals surface area contributed by atoms with Crippen LogP contribution in [0.3, 0.4) is 0 Å². The monoisotopic (exact) mass is 331 g/mol. The smallest absolute Gasteiger partial charge is 0.407 e. The van der Waals surface area contributed by atoms with Gasteiger partial charge in [0.15, 0.2) is 0 Å². The maximum Gasteiger partial charge on any atom is 0.407 e. The van der Waals surface area contributed by atoms with Crippen LogP contribution in [-0.4, -0.2) is 55.7 Å². The highest BCUT2D eigenvalue weighted by Crippen LogP contribution is 2.30. The number of anilines is 1. The van der Waals surface area contributed by atoms with Gasteiger partial charge < -0.3 is 19.9 Å².